The van der Waals surface area contributed by atoms with E-state index < -0.39 is 0 Å². The molecule has 6 heteroatoms. The molecule has 0 aliphatic carbocycles. The Morgan fingerprint density at radius 3 is 2.22 bits per heavy atom. The summed E-state index contributed by atoms with van der Waals surface area (Å²) in [6, 6.07) is 54.2. The molecular weight excluding hydrogens is 619 g/mol. The maximum Gasteiger partial charge on any atom is 0.217 e. The number of anilines is 2. The van der Waals surface area contributed by atoms with Crippen molar-refractivity contribution in [1.29, 1.82) is 0 Å². The molecule has 0 spiro atoms. The predicted molar refractivity (Wildman–Crippen MR) is 205 cm³/mol. The second-order valence-electron chi connectivity index (χ2n) is 12.7. The average molecular weight is 646 g/mol. The van der Waals surface area contributed by atoms with Gasteiger partial charge in [-0.1, -0.05) is 109 Å². The van der Waals surface area contributed by atoms with Crippen molar-refractivity contribution >= 4 is 77.2 Å². The standard InChI is InChI=1S/C43H27N5S/c1-2-13-30-28(11-1)32(26-21-23-27(24-22-26)42-45-36-17-7-10-20-39(36)49-42)25-33-29-12-4-8-18-37(29)47(40(30)33)43-46-34-15-5-3-14-31(34)41-44-35-16-6-9-19-38(35)48(41)43/h1-25,41,44H. The van der Waals surface area contributed by atoms with Gasteiger partial charge in [0.2, 0.25) is 5.96 Å². The van der Waals surface area contributed by atoms with Crippen LogP contribution in [0.1, 0.15) is 11.7 Å². The molecule has 0 radical (unpaired) electrons. The molecule has 1 unspecified atom stereocenters. The number of para-hydroxylation sites is 5. The summed E-state index contributed by atoms with van der Waals surface area (Å²) in [6.45, 7) is 0. The molecule has 2 aliphatic heterocycles. The lowest BCUT2D eigenvalue weighted by Gasteiger charge is -2.33. The zero-order valence-electron chi connectivity index (χ0n) is 26.2. The molecule has 5 nitrogen and oxygen atoms in total. The van der Waals surface area contributed by atoms with E-state index >= 15 is 0 Å². The molecule has 0 saturated heterocycles. The average Bonchev–Trinajstić information content (AvgIpc) is 3.87. The summed E-state index contributed by atoms with van der Waals surface area (Å²) >= 11 is 1.74. The highest BCUT2D eigenvalue weighted by Gasteiger charge is 2.39. The van der Waals surface area contributed by atoms with E-state index in [0.29, 0.717) is 0 Å². The third kappa shape index (κ3) is 3.86. The number of nitrogens with one attached hydrogen (secondary N) is 1. The van der Waals surface area contributed by atoms with E-state index in [4.69, 9.17) is 9.98 Å². The predicted octanol–water partition coefficient (Wildman–Crippen LogP) is 11.4. The highest BCUT2D eigenvalue weighted by atomic mass is 32.1. The zero-order valence-corrected chi connectivity index (χ0v) is 27.0. The van der Waals surface area contributed by atoms with Gasteiger partial charge in [-0.25, -0.2) is 9.98 Å². The molecule has 9 aromatic rings. The highest BCUT2D eigenvalue weighted by molar-refractivity contribution is 7.21. The fourth-order valence-corrected chi connectivity index (χ4v) is 8.77. The molecule has 0 amide bonds. The molecule has 49 heavy (non-hydrogen) atoms. The van der Waals surface area contributed by atoms with E-state index in [-0.39, 0.29) is 6.17 Å². The van der Waals surface area contributed by atoms with Gasteiger partial charge < -0.3 is 5.32 Å². The van der Waals surface area contributed by atoms with Gasteiger partial charge >= 0.3 is 0 Å². The first kappa shape index (κ1) is 26.8. The van der Waals surface area contributed by atoms with E-state index in [9.17, 15) is 0 Å². The Labute approximate surface area is 286 Å². The highest BCUT2D eigenvalue weighted by Crippen LogP contribution is 2.48. The molecule has 7 aromatic carbocycles. The van der Waals surface area contributed by atoms with Crippen LogP contribution in [0.15, 0.2) is 157 Å². The maximum atomic E-state index is 5.43. The van der Waals surface area contributed by atoms with E-state index in [0.717, 1.165) is 50.1 Å². The topological polar surface area (TPSA) is 45.5 Å². The second-order valence-corrected chi connectivity index (χ2v) is 13.7. The third-order valence-corrected chi connectivity index (χ3v) is 11.1. The van der Waals surface area contributed by atoms with Gasteiger partial charge in [0.1, 0.15) is 11.2 Å². The molecule has 1 atom stereocenters. The summed E-state index contributed by atoms with van der Waals surface area (Å²) in [6.07, 6.45) is -0.0585. The van der Waals surface area contributed by atoms with Crippen LogP contribution in [0.5, 0.6) is 0 Å². The lowest BCUT2D eigenvalue weighted by atomic mass is 9.94. The van der Waals surface area contributed by atoms with Crippen LogP contribution in [0.4, 0.5) is 17.1 Å². The van der Waals surface area contributed by atoms with Gasteiger partial charge in [0.05, 0.1) is 38.3 Å². The number of rotatable bonds is 2. The number of benzene rings is 7. The van der Waals surface area contributed by atoms with Gasteiger partial charge in [-0.3, -0.25) is 9.47 Å². The number of nitrogens with zero attached hydrogens (tertiary/aromatic N) is 4. The number of thiazole rings is 1. The molecular formula is C43H27N5S. The molecule has 1 N–H and O–H groups in total. The van der Waals surface area contributed by atoms with Crippen LogP contribution in [0.25, 0.3) is 64.5 Å². The smallest absolute Gasteiger partial charge is 0.217 e. The summed E-state index contributed by atoms with van der Waals surface area (Å²) in [5, 5.41) is 9.66. The molecule has 0 bridgehead atoms. The van der Waals surface area contributed by atoms with Gasteiger partial charge in [0.25, 0.3) is 0 Å². The molecule has 230 valence electrons. The fourth-order valence-electron chi connectivity index (χ4n) is 7.79. The Bertz CT molecular complexity index is 2790. The Balaban J connectivity index is 1.16. The van der Waals surface area contributed by atoms with Crippen molar-refractivity contribution in [3.63, 3.8) is 0 Å². The monoisotopic (exact) mass is 645 g/mol. The number of fused-ring (bicyclic) bond motifs is 11. The SMILES string of the molecule is c1ccc2c(c1)N=C(n1c3ccccc3c3cc(-c4ccc(-c5nc6ccccc6s5)cc4)c4ccccc4c31)N1c3ccccc3NC21. The van der Waals surface area contributed by atoms with Crippen molar-refractivity contribution in [2.24, 2.45) is 4.99 Å². The molecule has 2 aliphatic rings. The molecule has 2 aromatic heterocycles. The molecule has 0 fully saturated rings. The Morgan fingerprint density at radius 2 is 1.33 bits per heavy atom. The number of hydrogen-bond acceptors (Lipinski definition) is 5. The Hall–Kier alpha value is -6.24. The van der Waals surface area contributed by atoms with E-state index in [1.165, 1.54) is 42.9 Å². The van der Waals surface area contributed by atoms with Crippen LogP contribution in [0, 0.1) is 0 Å². The minimum absolute atomic E-state index is 0.0585. The minimum atomic E-state index is -0.0585. The first-order chi connectivity index (χ1) is 24.3. The van der Waals surface area contributed by atoms with Gasteiger partial charge in [-0.2, -0.15) is 0 Å². The maximum absolute atomic E-state index is 5.43. The van der Waals surface area contributed by atoms with Crippen LogP contribution in [-0.4, -0.2) is 15.5 Å². The number of aliphatic imine (C=N–C) groups is 1. The largest absolute Gasteiger partial charge is 0.359 e. The van der Waals surface area contributed by atoms with Gasteiger partial charge in [-0.15, -0.1) is 11.3 Å². The minimum Gasteiger partial charge on any atom is -0.359 e. The lowest BCUT2D eigenvalue weighted by Crippen LogP contribution is -2.40. The van der Waals surface area contributed by atoms with Crippen molar-refractivity contribution in [2.45, 2.75) is 6.17 Å². The Kier molecular flexibility index (Phi) is 5.54. The van der Waals surface area contributed by atoms with Crippen LogP contribution >= 0.6 is 11.3 Å². The van der Waals surface area contributed by atoms with Crippen molar-refractivity contribution in [3.05, 3.63) is 157 Å². The van der Waals surface area contributed by atoms with Crippen LogP contribution in [0.3, 0.4) is 0 Å². The van der Waals surface area contributed by atoms with Crippen molar-refractivity contribution in [3.8, 4) is 21.7 Å². The molecule has 11 rings (SSSR count). The third-order valence-electron chi connectivity index (χ3n) is 9.99. The molecule has 0 saturated carbocycles. The lowest BCUT2D eigenvalue weighted by molar-refractivity contribution is 0.814. The first-order valence-electron chi connectivity index (χ1n) is 16.5. The van der Waals surface area contributed by atoms with Gasteiger partial charge in [0, 0.05) is 27.3 Å². The van der Waals surface area contributed by atoms with E-state index in [2.05, 4.69) is 160 Å². The zero-order chi connectivity index (χ0) is 32.1. The van der Waals surface area contributed by atoms with Crippen LogP contribution in [0.2, 0.25) is 0 Å². The normalized spacial score (nSPS) is 15.0. The van der Waals surface area contributed by atoms with E-state index in [1.54, 1.807) is 11.3 Å². The first-order valence-corrected chi connectivity index (χ1v) is 17.4. The summed E-state index contributed by atoms with van der Waals surface area (Å²) in [5.74, 6) is 0.894. The van der Waals surface area contributed by atoms with Crippen molar-refractivity contribution in [2.75, 3.05) is 10.2 Å². The summed E-state index contributed by atoms with van der Waals surface area (Å²) in [4.78, 5) is 12.7. The molecule has 4 heterocycles. The summed E-state index contributed by atoms with van der Waals surface area (Å²) in [7, 11) is 0. The van der Waals surface area contributed by atoms with E-state index in [1.807, 2.05) is 6.07 Å². The Morgan fingerprint density at radius 1 is 0.612 bits per heavy atom. The quantitative estimate of drug-likeness (QED) is 0.203. The number of aromatic nitrogens is 2. The van der Waals surface area contributed by atoms with Gasteiger partial charge in [-0.05, 0) is 59.0 Å². The number of hydrogen-bond donors (Lipinski definition) is 1. The van der Waals surface area contributed by atoms with Crippen molar-refractivity contribution in [1.82, 2.24) is 9.55 Å². The van der Waals surface area contributed by atoms with Crippen LogP contribution in [-0.2, 0) is 0 Å². The van der Waals surface area contributed by atoms with Crippen LogP contribution < -0.4 is 10.2 Å². The van der Waals surface area contributed by atoms with Crippen molar-refractivity contribution < 1.29 is 0 Å². The fraction of sp³-hybridized carbons (Fsp3) is 0.0233. The summed E-state index contributed by atoms with van der Waals surface area (Å²) in [5.41, 5.74) is 11.3. The second kappa shape index (κ2) is 10.1. The summed E-state index contributed by atoms with van der Waals surface area (Å²) < 4.78 is 3.60. The van der Waals surface area contributed by atoms with Gasteiger partial charge in [0.15, 0.2) is 0 Å².